The van der Waals surface area contributed by atoms with Gasteiger partial charge in [0.05, 0.1) is 4.99 Å². The number of hydrogen-bond donors (Lipinski definition) is 2. The van der Waals surface area contributed by atoms with Gasteiger partial charge in [0, 0.05) is 18.9 Å². The fourth-order valence-electron chi connectivity index (χ4n) is 2.08. The van der Waals surface area contributed by atoms with Crippen LogP contribution in [0.4, 0.5) is 0 Å². The molecule has 0 aliphatic heterocycles. The Morgan fingerprint density at radius 2 is 1.68 bits per heavy atom. The minimum absolute atomic E-state index is 0.106. The Morgan fingerprint density at radius 1 is 1.11 bits per heavy atom. The number of hydrogen-bond acceptors (Lipinski definition) is 2. The zero-order valence-corrected chi connectivity index (χ0v) is 13.4. The first kappa shape index (κ1) is 18.4. The van der Waals surface area contributed by atoms with E-state index in [-0.39, 0.29) is 11.9 Å². The van der Waals surface area contributed by atoms with E-state index < -0.39 is 0 Å². The lowest BCUT2D eigenvalue weighted by Crippen LogP contribution is -2.36. The van der Waals surface area contributed by atoms with Crippen LogP contribution in [0.1, 0.15) is 78.1 Å². The molecular formula is C15H30N2OS. The Balaban J connectivity index is 3.54. The summed E-state index contributed by atoms with van der Waals surface area (Å²) < 4.78 is 0. The molecule has 0 aliphatic carbocycles. The number of amides is 1. The van der Waals surface area contributed by atoms with Crippen molar-refractivity contribution in [3.05, 3.63) is 0 Å². The summed E-state index contributed by atoms with van der Waals surface area (Å²) in [6.45, 7) is 4.26. The molecule has 1 atom stereocenters. The van der Waals surface area contributed by atoms with Crippen LogP contribution >= 0.6 is 12.2 Å². The zero-order chi connectivity index (χ0) is 14.5. The average molecular weight is 286 g/mol. The fourth-order valence-corrected chi connectivity index (χ4v) is 2.28. The van der Waals surface area contributed by atoms with Gasteiger partial charge in [-0.2, -0.15) is 0 Å². The van der Waals surface area contributed by atoms with Crippen LogP contribution < -0.4 is 11.1 Å². The molecule has 0 fully saturated rings. The highest BCUT2D eigenvalue weighted by atomic mass is 32.1. The van der Waals surface area contributed by atoms with Gasteiger partial charge >= 0.3 is 0 Å². The van der Waals surface area contributed by atoms with E-state index in [9.17, 15) is 4.79 Å². The number of thiocarbonyl (C=S) groups is 1. The van der Waals surface area contributed by atoms with Gasteiger partial charge in [-0.25, -0.2) is 0 Å². The van der Waals surface area contributed by atoms with Crippen molar-refractivity contribution < 1.29 is 4.79 Å². The minimum atomic E-state index is 0.106. The SMILES string of the molecule is CCCCCCCCCC(=O)NC(CC)CC(N)=S. The maximum atomic E-state index is 11.7. The second kappa shape index (κ2) is 12.4. The second-order valence-corrected chi connectivity index (χ2v) is 5.74. The third kappa shape index (κ3) is 12.2. The predicted octanol–water partition coefficient (Wildman–Crippen LogP) is 3.70. The van der Waals surface area contributed by atoms with Crippen LogP contribution in [0.15, 0.2) is 0 Å². The Hall–Kier alpha value is -0.640. The molecule has 0 aromatic rings. The van der Waals surface area contributed by atoms with Crippen molar-refractivity contribution >= 4 is 23.1 Å². The molecule has 3 nitrogen and oxygen atoms in total. The molecule has 1 unspecified atom stereocenters. The lowest BCUT2D eigenvalue weighted by molar-refractivity contribution is -0.121. The molecule has 0 radical (unpaired) electrons. The standard InChI is InChI=1S/C15H30N2OS/c1-3-5-6-7-8-9-10-11-15(18)17-13(4-2)12-14(16)19/h13H,3-12H2,1-2H3,(H2,16,19)(H,17,18). The largest absolute Gasteiger partial charge is 0.393 e. The first-order valence-corrected chi connectivity index (χ1v) is 8.08. The second-order valence-electron chi connectivity index (χ2n) is 5.21. The fraction of sp³-hybridized carbons (Fsp3) is 0.867. The van der Waals surface area contributed by atoms with Gasteiger partial charge in [0.15, 0.2) is 0 Å². The lowest BCUT2D eigenvalue weighted by atomic mass is 10.1. The van der Waals surface area contributed by atoms with E-state index in [1.807, 2.05) is 6.92 Å². The number of unbranched alkanes of at least 4 members (excludes halogenated alkanes) is 6. The van der Waals surface area contributed by atoms with Crippen molar-refractivity contribution in [3.8, 4) is 0 Å². The number of carbonyl (C=O) groups is 1. The Kier molecular flexibility index (Phi) is 12.0. The Labute approximate surface area is 123 Å². The van der Waals surface area contributed by atoms with Crippen molar-refractivity contribution in [1.29, 1.82) is 0 Å². The van der Waals surface area contributed by atoms with Crippen LogP contribution in [-0.4, -0.2) is 16.9 Å². The molecule has 3 N–H and O–H groups in total. The van der Waals surface area contributed by atoms with Crippen LogP contribution in [0.25, 0.3) is 0 Å². The number of nitrogens with one attached hydrogen (secondary N) is 1. The third-order valence-corrected chi connectivity index (χ3v) is 3.48. The number of nitrogens with two attached hydrogens (primary N) is 1. The number of rotatable bonds is 12. The topological polar surface area (TPSA) is 55.1 Å². The lowest BCUT2D eigenvalue weighted by Gasteiger charge is -2.16. The van der Waals surface area contributed by atoms with Crippen molar-refractivity contribution in [2.24, 2.45) is 5.73 Å². The van der Waals surface area contributed by atoms with Gasteiger partial charge in [-0.1, -0.05) is 64.6 Å². The van der Waals surface area contributed by atoms with E-state index in [2.05, 4.69) is 12.2 Å². The van der Waals surface area contributed by atoms with Gasteiger partial charge in [0.2, 0.25) is 5.91 Å². The summed E-state index contributed by atoms with van der Waals surface area (Å²) >= 11 is 4.87. The molecular weight excluding hydrogens is 256 g/mol. The van der Waals surface area contributed by atoms with Crippen LogP contribution in [0, 0.1) is 0 Å². The van der Waals surface area contributed by atoms with Crippen molar-refractivity contribution in [2.75, 3.05) is 0 Å². The van der Waals surface area contributed by atoms with Crippen LogP contribution in [-0.2, 0) is 4.79 Å². The summed E-state index contributed by atoms with van der Waals surface area (Å²) in [5, 5.41) is 3.00. The van der Waals surface area contributed by atoms with Gasteiger partial charge in [-0.3, -0.25) is 4.79 Å². The first-order valence-electron chi connectivity index (χ1n) is 7.67. The molecule has 1 amide bonds. The van der Waals surface area contributed by atoms with Gasteiger partial charge in [-0.15, -0.1) is 0 Å². The molecule has 0 aromatic heterocycles. The highest BCUT2D eigenvalue weighted by Crippen LogP contribution is 2.08. The van der Waals surface area contributed by atoms with Crippen LogP contribution in [0.2, 0.25) is 0 Å². The minimum Gasteiger partial charge on any atom is -0.393 e. The molecule has 0 heterocycles. The summed E-state index contributed by atoms with van der Waals surface area (Å²) in [5.74, 6) is 0.136. The molecule has 0 bridgehead atoms. The van der Waals surface area contributed by atoms with E-state index in [0.717, 1.165) is 19.3 Å². The Bertz CT molecular complexity index is 257. The normalized spacial score (nSPS) is 12.1. The quantitative estimate of drug-likeness (QED) is 0.425. The zero-order valence-electron chi connectivity index (χ0n) is 12.5. The van der Waals surface area contributed by atoms with Gasteiger partial charge in [0.1, 0.15) is 0 Å². The van der Waals surface area contributed by atoms with Gasteiger partial charge < -0.3 is 11.1 Å². The van der Waals surface area contributed by atoms with Gasteiger partial charge in [-0.05, 0) is 12.8 Å². The molecule has 0 rings (SSSR count). The van der Waals surface area contributed by atoms with Crippen molar-refractivity contribution in [3.63, 3.8) is 0 Å². The van der Waals surface area contributed by atoms with E-state index in [4.69, 9.17) is 18.0 Å². The van der Waals surface area contributed by atoms with Crippen molar-refractivity contribution in [2.45, 2.75) is 84.1 Å². The molecule has 112 valence electrons. The maximum absolute atomic E-state index is 11.7. The highest BCUT2D eigenvalue weighted by Gasteiger charge is 2.10. The maximum Gasteiger partial charge on any atom is 0.220 e. The highest BCUT2D eigenvalue weighted by molar-refractivity contribution is 7.80. The van der Waals surface area contributed by atoms with Crippen molar-refractivity contribution in [1.82, 2.24) is 5.32 Å². The van der Waals surface area contributed by atoms with E-state index in [1.54, 1.807) is 0 Å². The summed E-state index contributed by atoms with van der Waals surface area (Å²) in [6, 6.07) is 0.106. The summed E-state index contributed by atoms with van der Waals surface area (Å²) in [5.41, 5.74) is 5.50. The summed E-state index contributed by atoms with van der Waals surface area (Å²) in [6.07, 6.45) is 10.7. The molecule has 0 saturated heterocycles. The van der Waals surface area contributed by atoms with E-state index in [1.165, 1.54) is 32.1 Å². The van der Waals surface area contributed by atoms with E-state index in [0.29, 0.717) is 17.8 Å². The van der Waals surface area contributed by atoms with Gasteiger partial charge in [0.25, 0.3) is 0 Å². The first-order chi connectivity index (χ1) is 9.10. The molecule has 0 aromatic carbocycles. The smallest absolute Gasteiger partial charge is 0.220 e. The van der Waals surface area contributed by atoms with Crippen LogP contribution in [0.5, 0.6) is 0 Å². The summed E-state index contributed by atoms with van der Waals surface area (Å²) in [4.78, 5) is 12.2. The molecule has 19 heavy (non-hydrogen) atoms. The average Bonchev–Trinajstić information content (AvgIpc) is 2.36. The summed E-state index contributed by atoms with van der Waals surface area (Å²) in [7, 11) is 0. The third-order valence-electron chi connectivity index (χ3n) is 3.31. The molecule has 4 heteroatoms. The molecule has 0 spiro atoms. The molecule has 0 aliphatic rings. The Morgan fingerprint density at radius 3 is 2.21 bits per heavy atom. The molecule has 0 saturated carbocycles. The monoisotopic (exact) mass is 286 g/mol. The van der Waals surface area contributed by atoms with Crippen LogP contribution in [0.3, 0.4) is 0 Å². The number of carbonyl (C=O) groups excluding carboxylic acids is 1. The predicted molar refractivity (Wildman–Crippen MR) is 86.2 cm³/mol. The van der Waals surface area contributed by atoms with E-state index >= 15 is 0 Å².